The number of rotatable bonds is 3. The minimum atomic E-state index is -0.736. The highest BCUT2D eigenvalue weighted by molar-refractivity contribution is 6.29. The van der Waals surface area contributed by atoms with Gasteiger partial charge in [-0.2, -0.15) is 0 Å². The van der Waals surface area contributed by atoms with Gasteiger partial charge in [0.2, 0.25) is 0 Å². The zero-order valence-corrected chi connectivity index (χ0v) is 10.2. The van der Waals surface area contributed by atoms with Gasteiger partial charge >= 0.3 is 5.97 Å². The highest BCUT2D eigenvalue weighted by atomic mass is 35.5. The van der Waals surface area contributed by atoms with Gasteiger partial charge < -0.3 is 10.4 Å². The third kappa shape index (κ3) is 2.76. The maximum Gasteiger partial charge on any atom is 0.311 e. The molecule has 92 valence electrons. The Morgan fingerprint density at radius 1 is 1.59 bits per heavy atom. The molecule has 0 aliphatic carbocycles. The Labute approximate surface area is 105 Å². The molecule has 0 aromatic carbocycles. The lowest BCUT2D eigenvalue weighted by Gasteiger charge is -2.33. The Balaban J connectivity index is 2.17. The fourth-order valence-electron chi connectivity index (χ4n) is 2.28. The smallest absolute Gasteiger partial charge is 0.311 e. The van der Waals surface area contributed by atoms with Gasteiger partial charge in [-0.1, -0.05) is 17.7 Å². The van der Waals surface area contributed by atoms with E-state index in [9.17, 15) is 9.90 Å². The minimum Gasteiger partial charge on any atom is -0.481 e. The monoisotopic (exact) mass is 254 g/mol. The molecule has 1 aliphatic rings. The van der Waals surface area contributed by atoms with E-state index in [0.29, 0.717) is 24.5 Å². The molecule has 0 bridgehead atoms. The molecule has 0 saturated carbocycles. The van der Waals surface area contributed by atoms with Crippen LogP contribution in [0.25, 0.3) is 0 Å². The summed E-state index contributed by atoms with van der Waals surface area (Å²) in [5.74, 6) is -0.736. The van der Waals surface area contributed by atoms with E-state index in [2.05, 4.69) is 10.3 Å². The fraction of sp³-hybridized carbons (Fsp3) is 0.500. The molecule has 17 heavy (non-hydrogen) atoms. The highest BCUT2D eigenvalue weighted by Crippen LogP contribution is 2.31. The van der Waals surface area contributed by atoms with Gasteiger partial charge in [-0.05, 0) is 37.4 Å². The Morgan fingerprint density at radius 2 is 2.41 bits per heavy atom. The number of carbonyl (C=O) groups is 1. The van der Waals surface area contributed by atoms with E-state index in [0.717, 1.165) is 18.5 Å². The third-order valence-corrected chi connectivity index (χ3v) is 3.48. The van der Waals surface area contributed by atoms with Gasteiger partial charge in [0.25, 0.3) is 0 Å². The largest absolute Gasteiger partial charge is 0.481 e. The van der Waals surface area contributed by atoms with Crippen LogP contribution >= 0.6 is 11.6 Å². The van der Waals surface area contributed by atoms with Gasteiger partial charge in [0, 0.05) is 12.7 Å². The van der Waals surface area contributed by atoms with E-state index in [4.69, 9.17) is 11.6 Å². The van der Waals surface area contributed by atoms with Crippen molar-refractivity contribution in [3.8, 4) is 0 Å². The first kappa shape index (κ1) is 12.3. The highest BCUT2D eigenvalue weighted by Gasteiger charge is 2.39. The predicted molar refractivity (Wildman–Crippen MR) is 65.1 cm³/mol. The summed E-state index contributed by atoms with van der Waals surface area (Å²) in [5, 5.41) is 13.0. The van der Waals surface area contributed by atoms with Gasteiger partial charge in [-0.3, -0.25) is 4.79 Å². The van der Waals surface area contributed by atoms with E-state index >= 15 is 0 Å². The van der Waals surface area contributed by atoms with Crippen molar-refractivity contribution in [1.29, 1.82) is 0 Å². The summed E-state index contributed by atoms with van der Waals surface area (Å²) in [6.45, 7) is 1.42. The van der Waals surface area contributed by atoms with Crippen molar-refractivity contribution in [2.75, 3.05) is 13.1 Å². The van der Waals surface area contributed by atoms with E-state index in [-0.39, 0.29) is 0 Å². The zero-order valence-electron chi connectivity index (χ0n) is 9.45. The van der Waals surface area contributed by atoms with Crippen molar-refractivity contribution in [1.82, 2.24) is 10.3 Å². The predicted octanol–water partition coefficient (Wildman–Crippen LogP) is 1.73. The van der Waals surface area contributed by atoms with E-state index in [1.54, 1.807) is 12.3 Å². The van der Waals surface area contributed by atoms with Crippen LogP contribution in [0.15, 0.2) is 18.3 Å². The lowest BCUT2D eigenvalue weighted by atomic mass is 9.76. The molecule has 1 aromatic heterocycles. The molecule has 1 fully saturated rings. The van der Waals surface area contributed by atoms with Crippen LogP contribution in [-0.4, -0.2) is 29.1 Å². The first-order valence-electron chi connectivity index (χ1n) is 5.67. The number of aromatic nitrogens is 1. The first-order chi connectivity index (χ1) is 8.12. The maximum absolute atomic E-state index is 11.5. The molecule has 2 N–H and O–H groups in total. The van der Waals surface area contributed by atoms with Crippen LogP contribution < -0.4 is 5.32 Å². The van der Waals surface area contributed by atoms with Crippen LogP contribution in [0.2, 0.25) is 5.15 Å². The molecular formula is C12H15ClN2O2. The van der Waals surface area contributed by atoms with E-state index in [1.165, 1.54) is 0 Å². The number of hydrogen-bond donors (Lipinski definition) is 2. The van der Waals surface area contributed by atoms with Crippen molar-refractivity contribution in [3.63, 3.8) is 0 Å². The van der Waals surface area contributed by atoms with Crippen molar-refractivity contribution < 1.29 is 9.90 Å². The topological polar surface area (TPSA) is 62.2 Å². The normalized spacial score (nSPS) is 24.5. The second-order valence-electron chi connectivity index (χ2n) is 4.53. The molecule has 1 unspecified atom stereocenters. The number of nitrogens with zero attached hydrogens (tertiary/aromatic N) is 1. The minimum absolute atomic E-state index is 0.430. The molecule has 0 radical (unpaired) electrons. The van der Waals surface area contributed by atoms with E-state index in [1.807, 2.05) is 6.07 Å². The molecule has 0 amide bonds. The summed E-state index contributed by atoms with van der Waals surface area (Å²) in [6, 6.07) is 3.54. The molecule has 4 nitrogen and oxygen atoms in total. The number of hydrogen-bond acceptors (Lipinski definition) is 3. The second-order valence-corrected chi connectivity index (χ2v) is 4.92. The molecule has 2 rings (SSSR count). The number of carboxylic acids is 1. The Bertz CT molecular complexity index is 399. The summed E-state index contributed by atoms with van der Waals surface area (Å²) >= 11 is 5.71. The number of pyridine rings is 1. The van der Waals surface area contributed by atoms with Gasteiger partial charge in [0.15, 0.2) is 0 Å². The number of nitrogens with one attached hydrogen (secondary N) is 1. The average Bonchev–Trinajstić information content (AvgIpc) is 2.33. The van der Waals surface area contributed by atoms with Crippen LogP contribution in [0.5, 0.6) is 0 Å². The van der Waals surface area contributed by atoms with Crippen LogP contribution in [-0.2, 0) is 11.2 Å². The second kappa shape index (κ2) is 5.02. The lowest BCUT2D eigenvalue weighted by molar-refractivity contribution is -0.150. The van der Waals surface area contributed by atoms with Crippen molar-refractivity contribution in [2.24, 2.45) is 5.41 Å². The van der Waals surface area contributed by atoms with Crippen LogP contribution in [0.4, 0.5) is 0 Å². The first-order valence-corrected chi connectivity index (χ1v) is 6.05. The molecule has 1 aliphatic heterocycles. The van der Waals surface area contributed by atoms with Gasteiger partial charge in [0.1, 0.15) is 5.15 Å². The number of aliphatic carboxylic acids is 1. The lowest BCUT2D eigenvalue weighted by Crippen LogP contribution is -2.47. The third-order valence-electron chi connectivity index (χ3n) is 3.26. The summed E-state index contributed by atoms with van der Waals surface area (Å²) in [4.78, 5) is 15.4. The quantitative estimate of drug-likeness (QED) is 0.807. The molecule has 2 heterocycles. The molecular weight excluding hydrogens is 240 g/mol. The maximum atomic E-state index is 11.5. The van der Waals surface area contributed by atoms with Gasteiger partial charge in [-0.25, -0.2) is 4.98 Å². The molecule has 1 saturated heterocycles. The molecule has 1 atom stereocenters. The van der Waals surface area contributed by atoms with Crippen molar-refractivity contribution in [2.45, 2.75) is 19.3 Å². The average molecular weight is 255 g/mol. The van der Waals surface area contributed by atoms with Crippen LogP contribution in [0.1, 0.15) is 18.4 Å². The SMILES string of the molecule is O=C(O)C1(Cc2ccc(Cl)nc2)CCCNC1. The Kier molecular flexibility index (Phi) is 3.64. The van der Waals surface area contributed by atoms with E-state index < -0.39 is 11.4 Å². The van der Waals surface area contributed by atoms with Crippen LogP contribution in [0, 0.1) is 5.41 Å². The molecule has 0 spiro atoms. The fourth-order valence-corrected chi connectivity index (χ4v) is 2.39. The van der Waals surface area contributed by atoms with Crippen molar-refractivity contribution >= 4 is 17.6 Å². The molecule has 5 heteroatoms. The number of halogens is 1. The summed E-state index contributed by atoms with van der Waals surface area (Å²) in [5.41, 5.74) is 0.216. The van der Waals surface area contributed by atoms with Crippen LogP contribution in [0.3, 0.4) is 0 Å². The van der Waals surface area contributed by atoms with Crippen molar-refractivity contribution in [3.05, 3.63) is 29.0 Å². The van der Waals surface area contributed by atoms with Gasteiger partial charge in [-0.15, -0.1) is 0 Å². The molecule has 1 aromatic rings. The number of carboxylic acid groups (broad SMARTS) is 1. The zero-order chi connectivity index (χ0) is 12.3. The standard InChI is InChI=1S/C12H15ClN2O2/c13-10-3-2-9(7-15-10)6-12(11(16)17)4-1-5-14-8-12/h2-3,7,14H,1,4-6,8H2,(H,16,17). The Morgan fingerprint density at radius 3 is 2.94 bits per heavy atom. The summed E-state index contributed by atoms with van der Waals surface area (Å²) in [6.07, 6.45) is 3.76. The number of piperidine rings is 1. The summed E-state index contributed by atoms with van der Waals surface area (Å²) in [7, 11) is 0. The summed E-state index contributed by atoms with van der Waals surface area (Å²) < 4.78 is 0. The van der Waals surface area contributed by atoms with Gasteiger partial charge in [0.05, 0.1) is 5.41 Å². The Hall–Kier alpha value is -1.13.